The van der Waals surface area contributed by atoms with Crippen LogP contribution in [0.5, 0.6) is 0 Å². The number of nitrogens with zero attached hydrogens (tertiary/aromatic N) is 6. The van der Waals surface area contributed by atoms with Crippen LogP contribution in [0.15, 0.2) is 58.6 Å². The van der Waals surface area contributed by atoms with Crippen molar-refractivity contribution in [1.82, 2.24) is 28.6 Å². The van der Waals surface area contributed by atoms with Gasteiger partial charge >= 0.3 is 0 Å². The number of aryl methyl sites for hydroxylation is 1. The largest absolute Gasteiger partial charge is 0.328 e. The summed E-state index contributed by atoms with van der Waals surface area (Å²) in [6.45, 7) is 2.81. The summed E-state index contributed by atoms with van der Waals surface area (Å²) in [5.41, 5.74) is 2.67. The number of sulfonamides is 1. The Morgan fingerprint density at radius 1 is 1.09 bits per heavy atom. The molecule has 2 aromatic carbocycles. The zero-order valence-electron chi connectivity index (χ0n) is 18.8. The maximum atomic E-state index is 12.6. The summed E-state index contributed by atoms with van der Waals surface area (Å²) in [6.07, 6.45) is 2.30. The summed E-state index contributed by atoms with van der Waals surface area (Å²) in [6, 6.07) is 15.4. The van der Waals surface area contributed by atoms with Gasteiger partial charge in [-0.2, -0.15) is 0 Å². The van der Waals surface area contributed by atoms with Crippen LogP contribution in [0.1, 0.15) is 37.3 Å². The zero-order chi connectivity index (χ0) is 23.2. The minimum absolute atomic E-state index is 0.248. The molecule has 8 nitrogen and oxygen atoms in total. The molecule has 1 saturated carbocycles. The third-order valence-electron chi connectivity index (χ3n) is 5.84. The number of thioether (sulfide) groups is 1. The van der Waals surface area contributed by atoms with Crippen LogP contribution in [-0.4, -0.2) is 51.1 Å². The van der Waals surface area contributed by atoms with E-state index in [-0.39, 0.29) is 4.90 Å². The molecule has 0 amide bonds. The van der Waals surface area contributed by atoms with E-state index in [2.05, 4.69) is 38.4 Å². The van der Waals surface area contributed by atoms with Crippen LogP contribution in [0, 0.1) is 0 Å². The van der Waals surface area contributed by atoms with E-state index in [9.17, 15) is 8.42 Å². The van der Waals surface area contributed by atoms with Gasteiger partial charge in [-0.1, -0.05) is 30.0 Å². The number of para-hydroxylation sites is 1. The molecule has 0 N–H and O–H groups in total. The minimum Gasteiger partial charge on any atom is -0.328 e. The first-order chi connectivity index (χ1) is 15.9. The summed E-state index contributed by atoms with van der Waals surface area (Å²) < 4.78 is 30.6. The Labute approximate surface area is 197 Å². The first-order valence-electron chi connectivity index (χ1n) is 11.0. The van der Waals surface area contributed by atoms with E-state index < -0.39 is 10.0 Å². The van der Waals surface area contributed by atoms with Gasteiger partial charge in [-0.25, -0.2) is 17.7 Å². The second-order valence-corrected chi connectivity index (χ2v) is 11.4. The van der Waals surface area contributed by atoms with Gasteiger partial charge in [0.15, 0.2) is 5.16 Å². The quantitative estimate of drug-likeness (QED) is 0.352. The third-order valence-corrected chi connectivity index (χ3v) is 8.58. The highest BCUT2D eigenvalue weighted by atomic mass is 32.2. The second-order valence-electron chi connectivity index (χ2n) is 8.28. The van der Waals surface area contributed by atoms with Crippen LogP contribution in [-0.2, 0) is 22.3 Å². The highest BCUT2D eigenvalue weighted by molar-refractivity contribution is 7.98. The smallest absolute Gasteiger partial charge is 0.242 e. The van der Waals surface area contributed by atoms with E-state index in [1.54, 1.807) is 23.9 Å². The molecule has 2 heterocycles. The normalized spacial score (nSPS) is 14.4. The molecule has 0 spiro atoms. The molecule has 0 unspecified atom stereocenters. The summed E-state index contributed by atoms with van der Waals surface area (Å²) >= 11 is 1.60. The Balaban J connectivity index is 1.48. The van der Waals surface area contributed by atoms with E-state index in [0.717, 1.165) is 47.4 Å². The molecule has 0 radical (unpaired) electrons. The first-order valence-corrected chi connectivity index (χ1v) is 13.4. The molecule has 33 heavy (non-hydrogen) atoms. The average molecular weight is 483 g/mol. The van der Waals surface area contributed by atoms with Gasteiger partial charge in [-0.15, -0.1) is 10.2 Å². The van der Waals surface area contributed by atoms with Crippen LogP contribution in [0.3, 0.4) is 0 Å². The van der Waals surface area contributed by atoms with Gasteiger partial charge in [0.25, 0.3) is 0 Å². The van der Waals surface area contributed by atoms with Gasteiger partial charge in [-0.05, 0) is 50.1 Å². The molecule has 2 aromatic heterocycles. The number of benzene rings is 2. The van der Waals surface area contributed by atoms with Crippen molar-refractivity contribution in [1.29, 1.82) is 0 Å². The number of aromatic nitrogens is 5. The molecule has 0 atom stereocenters. The molecule has 1 aliphatic rings. The van der Waals surface area contributed by atoms with Crippen molar-refractivity contribution in [2.24, 2.45) is 0 Å². The fourth-order valence-corrected chi connectivity index (χ4v) is 5.75. The molecule has 10 heteroatoms. The predicted octanol–water partition coefficient (Wildman–Crippen LogP) is 4.06. The van der Waals surface area contributed by atoms with Gasteiger partial charge < -0.3 is 4.57 Å². The van der Waals surface area contributed by atoms with Gasteiger partial charge in [0.05, 0.1) is 21.7 Å². The van der Waals surface area contributed by atoms with Gasteiger partial charge in [-0.3, -0.25) is 4.57 Å². The fourth-order valence-electron chi connectivity index (χ4n) is 3.92. The maximum Gasteiger partial charge on any atom is 0.242 e. The molecule has 4 aromatic rings. The number of imidazole rings is 1. The van der Waals surface area contributed by atoms with Crippen molar-refractivity contribution < 1.29 is 8.42 Å². The molecule has 0 saturated heterocycles. The first kappa shape index (κ1) is 22.1. The Bertz CT molecular complexity index is 1410. The molecule has 0 aliphatic heterocycles. The monoisotopic (exact) mass is 482 g/mol. The molecular formula is C23H26N6O2S2. The SMILES string of the molecule is CCn1c(CSc2nnc(C3CC3)n2-c2ccccc2)nc2cc(S(=O)(=O)N(C)C)ccc21. The summed E-state index contributed by atoms with van der Waals surface area (Å²) in [5.74, 6) is 2.98. The Kier molecular flexibility index (Phi) is 5.75. The summed E-state index contributed by atoms with van der Waals surface area (Å²) in [4.78, 5) is 5.04. The second kappa shape index (κ2) is 8.58. The predicted molar refractivity (Wildman–Crippen MR) is 129 cm³/mol. The molecule has 1 aliphatic carbocycles. The highest BCUT2D eigenvalue weighted by Crippen LogP contribution is 2.41. The van der Waals surface area contributed by atoms with Crippen LogP contribution >= 0.6 is 11.8 Å². The molecular weight excluding hydrogens is 456 g/mol. The van der Waals surface area contributed by atoms with Crippen LogP contribution in [0.25, 0.3) is 16.7 Å². The molecule has 172 valence electrons. The fraction of sp³-hybridized carbons (Fsp3) is 0.348. The van der Waals surface area contributed by atoms with Crippen molar-refractivity contribution in [3.05, 3.63) is 60.2 Å². The summed E-state index contributed by atoms with van der Waals surface area (Å²) in [7, 11) is -0.447. The van der Waals surface area contributed by atoms with Gasteiger partial charge in [0.1, 0.15) is 11.6 Å². The molecule has 1 fully saturated rings. The van der Waals surface area contributed by atoms with Crippen molar-refractivity contribution in [2.45, 2.75) is 48.0 Å². The lowest BCUT2D eigenvalue weighted by atomic mass is 10.3. The number of hydrogen-bond donors (Lipinski definition) is 0. The standard InChI is InChI=1S/C23H26N6O2S2/c1-4-28-20-13-12-18(33(30,31)27(2)3)14-19(20)24-21(28)15-32-23-26-25-22(16-10-11-16)29(23)17-8-6-5-7-9-17/h5-9,12-14,16H,4,10-11,15H2,1-3H3. The number of rotatable bonds is 8. The van der Waals surface area contributed by atoms with Gasteiger partial charge in [0, 0.05) is 32.2 Å². The number of fused-ring (bicyclic) bond motifs is 1. The topological polar surface area (TPSA) is 85.9 Å². The van der Waals surface area contributed by atoms with Crippen molar-refractivity contribution in [2.75, 3.05) is 14.1 Å². The Morgan fingerprint density at radius 3 is 2.52 bits per heavy atom. The molecule has 5 rings (SSSR count). The highest BCUT2D eigenvalue weighted by Gasteiger charge is 2.31. The van der Waals surface area contributed by atoms with E-state index in [1.807, 2.05) is 24.3 Å². The van der Waals surface area contributed by atoms with Crippen molar-refractivity contribution in [3.63, 3.8) is 0 Å². The van der Waals surface area contributed by atoms with Crippen molar-refractivity contribution >= 4 is 32.8 Å². The Morgan fingerprint density at radius 2 is 1.85 bits per heavy atom. The zero-order valence-corrected chi connectivity index (χ0v) is 20.5. The minimum atomic E-state index is -3.51. The van der Waals surface area contributed by atoms with E-state index in [0.29, 0.717) is 17.2 Å². The van der Waals surface area contributed by atoms with Crippen LogP contribution in [0.4, 0.5) is 0 Å². The van der Waals surface area contributed by atoms with Crippen LogP contribution < -0.4 is 0 Å². The van der Waals surface area contributed by atoms with Gasteiger partial charge in [0.2, 0.25) is 10.0 Å². The number of hydrogen-bond acceptors (Lipinski definition) is 6. The Hall–Kier alpha value is -2.69. The van der Waals surface area contributed by atoms with E-state index >= 15 is 0 Å². The lowest BCUT2D eigenvalue weighted by molar-refractivity contribution is 0.521. The molecule has 0 bridgehead atoms. The average Bonchev–Trinajstić information content (AvgIpc) is 3.47. The maximum absolute atomic E-state index is 12.6. The van der Waals surface area contributed by atoms with Crippen molar-refractivity contribution in [3.8, 4) is 5.69 Å². The van der Waals surface area contributed by atoms with E-state index in [4.69, 9.17) is 4.98 Å². The summed E-state index contributed by atoms with van der Waals surface area (Å²) in [5, 5.41) is 9.84. The lowest BCUT2D eigenvalue weighted by Gasteiger charge is -2.11. The third kappa shape index (κ3) is 4.07. The lowest BCUT2D eigenvalue weighted by Crippen LogP contribution is -2.22. The van der Waals surface area contributed by atoms with E-state index in [1.165, 1.54) is 18.4 Å². The van der Waals surface area contributed by atoms with Crippen LogP contribution in [0.2, 0.25) is 0 Å².